The first-order valence-corrected chi connectivity index (χ1v) is 8.42. The summed E-state index contributed by atoms with van der Waals surface area (Å²) < 4.78 is 36.0. The zero-order valence-corrected chi connectivity index (χ0v) is 12.9. The summed E-state index contributed by atoms with van der Waals surface area (Å²) in [5.41, 5.74) is 0.443. The van der Waals surface area contributed by atoms with Gasteiger partial charge < -0.3 is 4.90 Å². The summed E-state index contributed by atoms with van der Waals surface area (Å²) in [6.45, 7) is 2.79. The Morgan fingerprint density at radius 1 is 1.42 bits per heavy atom. The molecule has 0 aliphatic carbocycles. The minimum Gasteiger partial charge on any atom is -0.302 e. The van der Waals surface area contributed by atoms with E-state index >= 15 is 0 Å². The van der Waals surface area contributed by atoms with Crippen LogP contribution in [0.5, 0.6) is 0 Å². The molecule has 0 aliphatic rings. The summed E-state index contributed by atoms with van der Waals surface area (Å²) in [5.74, 6) is -0.219. The van der Waals surface area contributed by atoms with E-state index in [9.17, 15) is 12.8 Å². The van der Waals surface area contributed by atoms with Crippen LogP contribution in [0.2, 0.25) is 5.02 Å². The molecule has 0 saturated carbocycles. The molecule has 108 valence electrons. The van der Waals surface area contributed by atoms with Gasteiger partial charge in [-0.05, 0) is 25.1 Å². The molecule has 6 heteroatoms. The largest absolute Gasteiger partial charge is 0.302 e. The molecule has 0 radical (unpaired) electrons. The lowest BCUT2D eigenvalue weighted by molar-refractivity contribution is 0.285. The summed E-state index contributed by atoms with van der Waals surface area (Å²) in [6, 6.07) is 4.58. The molecule has 3 nitrogen and oxygen atoms in total. The van der Waals surface area contributed by atoms with E-state index in [0.717, 1.165) is 0 Å². The van der Waals surface area contributed by atoms with Gasteiger partial charge in [0, 0.05) is 29.9 Å². The fraction of sp³-hybridized carbons (Fsp3) is 0.538. The summed E-state index contributed by atoms with van der Waals surface area (Å²) in [6.07, 6.45) is 1.22. The monoisotopic (exact) mass is 307 g/mol. The summed E-state index contributed by atoms with van der Waals surface area (Å²) in [4.78, 5) is 1.88. The van der Waals surface area contributed by atoms with Crippen molar-refractivity contribution in [2.24, 2.45) is 5.92 Å². The van der Waals surface area contributed by atoms with Gasteiger partial charge in [-0.2, -0.15) is 0 Å². The Labute approximate surface area is 119 Å². The number of benzene rings is 1. The molecule has 1 rings (SSSR count). The Kier molecular flexibility index (Phi) is 5.77. The van der Waals surface area contributed by atoms with Gasteiger partial charge in [0.2, 0.25) is 0 Å². The van der Waals surface area contributed by atoms with Gasteiger partial charge in [-0.15, -0.1) is 0 Å². The summed E-state index contributed by atoms with van der Waals surface area (Å²) in [7, 11) is -1.16. The Balaban J connectivity index is 2.63. The highest BCUT2D eigenvalue weighted by atomic mass is 35.5. The van der Waals surface area contributed by atoms with Crippen LogP contribution in [0.3, 0.4) is 0 Å². The maximum absolute atomic E-state index is 13.6. The first-order valence-electron chi connectivity index (χ1n) is 5.98. The highest BCUT2D eigenvalue weighted by Gasteiger charge is 2.15. The number of hydrogen-bond donors (Lipinski definition) is 0. The van der Waals surface area contributed by atoms with Gasteiger partial charge in [-0.1, -0.05) is 24.6 Å². The van der Waals surface area contributed by atoms with Crippen molar-refractivity contribution in [3.05, 3.63) is 34.6 Å². The van der Waals surface area contributed by atoms with E-state index in [4.69, 9.17) is 11.6 Å². The lowest BCUT2D eigenvalue weighted by Crippen LogP contribution is -2.28. The number of sulfone groups is 1. The Bertz CT molecular complexity index is 513. The second-order valence-electron chi connectivity index (χ2n) is 5.09. The predicted molar refractivity (Wildman–Crippen MR) is 76.6 cm³/mol. The average Bonchev–Trinajstić information content (AvgIpc) is 2.20. The SMILES string of the molecule is C[C@@H](CN(C)Cc1c(F)cccc1Cl)CS(C)(=O)=O. The van der Waals surface area contributed by atoms with E-state index in [0.29, 0.717) is 23.7 Å². The topological polar surface area (TPSA) is 37.4 Å². The summed E-state index contributed by atoms with van der Waals surface area (Å²) >= 11 is 5.95. The van der Waals surface area contributed by atoms with Crippen LogP contribution in [0.15, 0.2) is 18.2 Å². The lowest BCUT2D eigenvalue weighted by atomic mass is 10.1. The number of hydrogen-bond acceptors (Lipinski definition) is 3. The normalized spacial score (nSPS) is 13.8. The fourth-order valence-electron chi connectivity index (χ4n) is 2.12. The van der Waals surface area contributed by atoms with Crippen LogP contribution in [-0.4, -0.2) is 38.9 Å². The molecule has 0 aliphatic heterocycles. The Hall–Kier alpha value is -0.650. The van der Waals surface area contributed by atoms with E-state index in [1.54, 1.807) is 12.1 Å². The highest BCUT2D eigenvalue weighted by molar-refractivity contribution is 7.90. The third-order valence-electron chi connectivity index (χ3n) is 2.70. The minimum atomic E-state index is -2.98. The molecule has 1 aromatic rings. The van der Waals surface area contributed by atoms with Gasteiger partial charge in [0.15, 0.2) is 0 Å². The van der Waals surface area contributed by atoms with Crippen molar-refractivity contribution in [3.63, 3.8) is 0 Å². The molecular weight excluding hydrogens is 289 g/mol. The van der Waals surface area contributed by atoms with E-state index in [2.05, 4.69) is 0 Å². The van der Waals surface area contributed by atoms with Crippen LogP contribution >= 0.6 is 11.6 Å². The predicted octanol–water partition coefficient (Wildman–Crippen LogP) is 2.59. The second kappa shape index (κ2) is 6.68. The summed E-state index contributed by atoms with van der Waals surface area (Å²) in [5, 5.41) is 0.391. The van der Waals surface area contributed by atoms with E-state index in [-0.39, 0.29) is 17.5 Å². The van der Waals surface area contributed by atoms with Crippen molar-refractivity contribution in [1.82, 2.24) is 4.90 Å². The van der Waals surface area contributed by atoms with Crippen LogP contribution in [0.4, 0.5) is 4.39 Å². The van der Waals surface area contributed by atoms with Crippen molar-refractivity contribution >= 4 is 21.4 Å². The van der Waals surface area contributed by atoms with Gasteiger partial charge in [0.25, 0.3) is 0 Å². The first kappa shape index (κ1) is 16.4. The second-order valence-corrected chi connectivity index (χ2v) is 7.69. The van der Waals surface area contributed by atoms with Crippen molar-refractivity contribution in [1.29, 1.82) is 0 Å². The fourth-order valence-corrected chi connectivity index (χ4v) is 3.48. The molecule has 0 saturated heterocycles. The number of rotatable bonds is 6. The smallest absolute Gasteiger partial charge is 0.147 e. The Morgan fingerprint density at radius 2 is 2.05 bits per heavy atom. The molecule has 0 unspecified atom stereocenters. The standard InChI is InChI=1S/C13H19ClFNO2S/c1-10(9-19(3,17)18)7-16(2)8-11-12(14)5-4-6-13(11)15/h4-6,10H,7-9H2,1-3H3/t10-/m0/s1. The highest BCUT2D eigenvalue weighted by Crippen LogP contribution is 2.20. The Morgan fingerprint density at radius 3 is 2.58 bits per heavy atom. The van der Waals surface area contributed by atoms with Crippen LogP contribution in [0.25, 0.3) is 0 Å². The van der Waals surface area contributed by atoms with E-state index in [1.165, 1.54) is 12.3 Å². The molecule has 0 heterocycles. The zero-order valence-electron chi connectivity index (χ0n) is 11.4. The molecule has 0 aromatic heterocycles. The van der Waals surface area contributed by atoms with Gasteiger partial charge in [-0.25, -0.2) is 12.8 Å². The molecule has 0 N–H and O–H groups in total. The molecule has 1 aromatic carbocycles. The van der Waals surface area contributed by atoms with Crippen molar-refractivity contribution < 1.29 is 12.8 Å². The van der Waals surface area contributed by atoms with Gasteiger partial charge >= 0.3 is 0 Å². The third kappa shape index (κ3) is 5.89. The quantitative estimate of drug-likeness (QED) is 0.810. The van der Waals surface area contributed by atoms with Gasteiger partial charge in [0.1, 0.15) is 15.7 Å². The number of halogens is 2. The molecule has 0 fully saturated rings. The first-order chi connectivity index (χ1) is 8.69. The molecule has 1 atom stereocenters. The molecule has 0 bridgehead atoms. The van der Waals surface area contributed by atoms with Crippen molar-refractivity contribution in [3.8, 4) is 0 Å². The minimum absolute atomic E-state index is 0.00875. The van der Waals surface area contributed by atoms with E-state index in [1.807, 2.05) is 18.9 Å². The van der Waals surface area contributed by atoms with Gasteiger partial charge in [-0.3, -0.25) is 0 Å². The van der Waals surface area contributed by atoms with Crippen molar-refractivity contribution in [2.75, 3.05) is 25.6 Å². The van der Waals surface area contributed by atoms with Crippen LogP contribution in [-0.2, 0) is 16.4 Å². The molecule has 19 heavy (non-hydrogen) atoms. The molecule has 0 spiro atoms. The van der Waals surface area contributed by atoms with Crippen molar-refractivity contribution in [2.45, 2.75) is 13.5 Å². The maximum atomic E-state index is 13.6. The van der Waals surface area contributed by atoms with Crippen LogP contribution < -0.4 is 0 Å². The van der Waals surface area contributed by atoms with Crippen LogP contribution in [0.1, 0.15) is 12.5 Å². The molecule has 0 amide bonds. The van der Waals surface area contributed by atoms with Gasteiger partial charge in [0.05, 0.1) is 5.75 Å². The zero-order chi connectivity index (χ0) is 14.6. The third-order valence-corrected chi connectivity index (χ3v) is 4.23. The molecular formula is C13H19ClFNO2S. The average molecular weight is 308 g/mol. The maximum Gasteiger partial charge on any atom is 0.147 e. The van der Waals surface area contributed by atoms with E-state index < -0.39 is 9.84 Å². The number of nitrogens with zero attached hydrogens (tertiary/aromatic N) is 1. The lowest BCUT2D eigenvalue weighted by Gasteiger charge is -2.21. The van der Waals surface area contributed by atoms with Crippen LogP contribution in [0, 0.1) is 11.7 Å².